The van der Waals surface area contributed by atoms with Gasteiger partial charge in [0.2, 0.25) is 5.91 Å². The molecule has 0 bridgehead atoms. The molecule has 0 radical (unpaired) electrons. The van der Waals surface area contributed by atoms with E-state index in [1.165, 1.54) is 16.2 Å². The number of hydrogen-bond donors (Lipinski definition) is 3. The number of carbonyl (C=O) groups is 4. The van der Waals surface area contributed by atoms with Crippen LogP contribution in [0.3, 0.4) is 0 Å². The van der Waals surface area contributed by atoms with Crippen molar-refractivity contribution in [2.75, 3.05) is 20.1 Å². The Balaban J connectivity index is 1.65. The molecule has 2 aromatic heterocycles. The molecule has 13 heteroatoms. The number of nitrogens with one attached hydrogen (secondary N) is 3. The maximum atomic E-state index is 12.5. The van der Waals surface area contributed by atoms with E-state index in [1.807, 2.05) is 5.38 Å². The third-order valence-corrected chi connectivity index (χ3v) is 6.70. The molecule has 2 heterocycles. The molecule has 3 N–H and O–H groups in total. The number of nitrogens with zero attached hydrogens (tertiary/aromatic N) is 3. The molecule has 2 aromatic rings. The first-order chi connectivity index (χ1) is 16.8. The average molecular weight is 525 g/mol. The van der Waals surface area contributed by atoms with E-state index in [9.17, 15) is 19.2 Å². The normalized spacial score (nSPS) is 11.5. The lowest BCUT2D eigenvalue weighted by Crippen LogP contribution is -2.50. The van der Waals surface area contributed by atoms with Gasteiger partial charge in [-0.1, -0.05) is 13.8 Å². The minimum absolute atomic E-state index is 0.132. The fourth-order valence-corrected chi connectivity index (χ4v) is 4.17. The van der Waals surface area contributed by atoms with Crippen molar-refractivity contribution in [1.29, 1.82) is 0 Å². The molecule has 0 saturated heterocycles. The standard InChI is InChI=1S/C22H32N6O5S2/c1-15(2)20-26-16(13-34-20)11-28(3)21(31)27-18(6-9-29)19(30)24-7-4-5-8-25-22(32)33-12-17-10-23-14-35-17/h9-10,13-15,18H,4-8,11-12H2,1-3H3,(H,24,30)(H,25,32)(H,27,31). The van der Waals surface area contributed by atoms with E-state index < -0.39 is 24.1 Å². The van der Waals surface area contributed by atoms with Gasteiger partial charge in [0, 0.05) is 44.1 Å². The van der Waals surface area contributed by atoms with Crippen molar-refractivity contribution in [1.82, 2.24) is 30.8 Å². The van der Waals surface area contributed by atoms with Crippen LogP contribution in [0.15, 0.2) is 17.1 Å². The summed E-state index contributed by atoms with van der Waals surface area (Å²) >= 11 is 2.95. The Hall–Kier alpha value is -3.06. The molecule has 1 unspecified atom stereocenters. The highest BCUT2D eigenvalue weighted by Gasteiger charge is 2.22. The number of hydrogen-bond acceptors (Lipinski definition) is 9. The first-order valence-corrected chi connectivity index (χ1v) is 13.0. The zero-order valence-corrected chi connectivity index (χ0v) is 21.7. The number of alkyl carbamates (subject to hydrolysis) is 1. The number of aromatic nitrogens is 2. The zero-order chi connectivity index (χ0) is 25.6. The molecular weight excluding hydrogens is 492 g/mol. The maximum absolute atomic E-state index is 12.5. The number of ether oxygens (including phenoxy) is 1. The van der Waals surface area contributed by atoms with Crippen LogP contribution in [0.4, 0.5) is 9.59 Å². The Kier molecular flexibility index (Phi) is 12.1. The summed E-state index contributed by atoms with van der Waals surface area (Å²) in [6, 6.07) is -1.43. The maximum Gasteiger partial charge on any atom is 0.407 e. The highest BCUT2D eigenvalue weighted by Crippen LogP contribution is 2.19. The van der Waals surface area contributed by atoms with Gasteiger partial charge in [0.25, 0.3) is 0 Å². The molecule has 0 fully saturated rings. The van der Waals surface area contributed by atoms with Crippen LogP contribution < -0.4 is 16.0 Å². The lowest BCUT2D eigenvalue weighted by Gasteiger charge is -2.21. The summed E-state index contributed by atoms with van der Waals surface area (Å²) in [4.78, 5) is 58.3. The molecule has 192 valence electrons. The van der Waals surface area contributed by atoms with Crippen molar-refractivity contribution in [3.8, 4) is 0 Å². The van der Waals surface area contributed by atoms with E-state index >= 15 is 0 Å². The minimum Gasteiger partial charge on any atom is -0.444 e. The van der Waals surface area contributed by atoms with Crippen LogP contribution in [-0.4, -0.2) is 65.4 Å². The smallest absolute Gasteiger partial charge is 0.407 e. The molecule has 0 aliphatic rings. The fourth-order valence-electron chi connectivity index (χ4n) is 2.84. The molecule has 0 aliphatic carbocycles. The third-order valence-electron chi connectivity index (χ3n) is 4.76. The number of thiazole rings is 2. The van der Waals surface area contributed by atoms with Gasteiger partial charge in [0.05, 0.1) is 27.6 Å². The third kappa shape index (κ3) is 10.4. The van der Waals surface area contributed by atoms with Crippen LogP contribution in [-0.2, 0) is 27.5 Å². The van der Waals surface area contributed by atoms with Crippen LogP contribution in [0.25, 0.3) is 0 Å². The number of urea groups is 1. The van der Waals surface area contributed by atoms with Crippen molar-refractivity contribution < 1.29 is 23.9 Å². The Bertz CT molecular complexity index is 950. The minimum atomic E-state index is -0.969. The highest BCUT2D eigenvalue weighted by molar-refractivity contribution is 7.09. The van der Waals surface area contributed by atoms with Crippen molar-refractivity contribution >= 4 is 47.0 Å². The number of amides is 4. The molecule has 0 spiro atoms. The molecule has 35 heavy (non-hydrogen) atoms. The van der Waals surface area contributed by atoms with Gasteiger partial charge in [0.1, 0.15) is 18.9 Å². The van der Waals surface area contributed by atoms with Crippen molar-refractivity contribution in [2.45, 2.75) is 58.2 Å². The van der Waals surface area contributed by atoms with Crippen molar-refractivity contribution in [3.05, 3.63) is 32.7 Å². The largest absolute Gasteiger partial charge is 0.444 e. The first-order valence-electron chi connectivity index (χ1n) is 11.2. The van der Waals surface area contributed by atoms with Crippen LogP contribution in [0, 0.1) is 0 Å². The Morgan fingerprint density at radius 3 is 2.54 bits per heavy atom. The summed E-state index contributed by atoms with van der Waals surface area (Å²) in [5, 5.41) is 10.9. The Morgan fingerprint density at radius 1 is 1.17 bits per heavy atom. The predicted octanol–water partition coefficient (Wildman–Crippen LogP) is 2.64. The Labute approximate surface area is 212 Å². The van der Waals surface area contributed by atoms with E-state index in [1.54, 1.807) is 30.1 Å². The van der Waals surface area contributed by atoms with Gasteiger partial charge < -0.3 is 30.4 Å². The topological polar surface area (TPSA) is 143 Å². The lowest BCUT2D eigenvalue weighted by molar-refractivity contribution is -0.124. The summed E-state index contributed by atoms with van der Waals surface area (Å²) in [6.45, 7) is 5.31. The molecular formula is C22H32N6O5S2. The number of unbranched alkanes of at least 4 members (excludes halogenated alkanes) is 1. The second kappa shape index (κ2) is 15.0. The van der Waals surface area contributed by atoms with Crippen molar-refractivity contribution in [2.24, 2.45) is 0 Å². The zero-order valence-electron chi connectivity index (χ0n) is 20.1. The summed E-state index contributed by atoms with van der Waals surface area (Å²) in [6.07, 6.45) is 2.81. The predicted molar refractivity (Wildman–Crippen MR) is 133 cm³/mol. The van der Waals surface area contributed by atoms with E-state index in [0.717, 1.165) is 15.6 Å². The SMILES string of the molecule is CC(C)c1nc(CN(C)C(=O)NC(CC=O)C(=O)NCCCCNC(=O)OCc2cncs2)cs1. The lowest BCUT2D eigenvalue weighted by atomic mass is 10.2. The number of aldehydes is 1. The quantitative estimate of drug-likeness (QED) is 0.255. The molecule has 1 atom stereocenters. The van der Waals surface area contributed by atoms with Crippen LogP contribution in [0.1, 0.15) is 54.6 Å². The van der Waals surface area contributed by atoms with Gasteiger partial charge >= 0.3 is 12.1 Å². The van der Waals surface area contributed by atoms with Crippen molar-refractivity contribution in [3.63, 3.8) is 0 Å². The van der Waals surface area contributed by atoms with Gasteiger partial charge in [-0.15, -0.1) is 22.7 Å². The van der Waals surface area contributed by atoms with E-state index in [-0.39, 0.29) is 13.0 Å². The van der Waals surface area contributed by atoms with E-state index in [2.05, 4.69) is 39.8 Å². The molecule has 0 saturated carbocycles. The fraction of sp³-hybridized carbons (Fsp3) is 0.545. The van der Waals surface area contributed by atoms with Gasteiger partial charge in [-0.25, -0.2) is 14.6 Å². The summed E-state index contributed by atoms with van der Waals surface area (Å²) in [5.41, 5.74) is 2.44. The summed E-state index contributed by atoms with van der Waals surface area (Å²) in [7, 11) is 1.61. The molecule has 4 amide bonds. The van der Waals surface area contributed by atoms with Gasteiger partial charge in [-0.05, 0) is 12.8 Å². The van der Waals surface area contributed by atoms with E-state index in [4.69, 9.17) is 4.74 Å². The highest BCUT2D eigenvalue weighted by atomic mass is 32.1. The van der Waals surface area contributed by atoms with E-state index in [0.29, 0.717) is 44.7 Å². The van der Waals surface area contributed by atoms with Gasteiger partial charge in [-0.2, -0.15) is 0 Å². The van der Waals surface area contributed by atoms with Crippen LogP contribution in [0.2, 0.25) is 0 Å². The molecule has 11 nitrogen and oxygen atoms in total. The summed E-state index contributed by atoms with van der Waals surface area (Å²) < 4.78 is 5.06. The van der Waals surface area contributed by atoms with Gasteiger partial charge in [0.15, 0.2) is 0 Å². The van der Waals surface area contributed by atoms with Gasteiger partial charge in [-0.3, -0.25) is 9.78 Å². The molecule has 0 aliphatic heterocycles. The van der Waals surface area contributed by atoms with Crippen LogP contribution in [0.5, 0.6) is 0 Å². The first kappa shape index (κ1) is 28.2. The number of carbonyl (C=O) groups excluding carboxylic acids is 4. The second-order valence-electron chi connectivity index (χ2n) is 8.06. The van der Waals surface area contributed by atoms with Crippen LogP contribution >= 0.6 is 22.7 Å². The molecule has 0 aromatic carbocycles. The Morgan fingerprint density at radius 2 is 1.91 bits per heavy atom. The molecule has 2 rings (SSSR count). The average Bonchev–Trinajstić information content (AvgIpc) is 3.51. The second-order valence-corrected chi connectivity index (χ2v) is 9.92. The number of rotatable bonds is 14. The monoisotopic (exact) mass is 524 g/mol. The summed E-state index contributed by atoms with van der Waals surface area (Å²) in [5.74, 6) is -0.126.